The number of quaternary nitrogens is 1. The van der Waals surface area contributed by atoms with E-state index in [1.165, 1.54) is 14.7 Å². The van der Waals surface area contributed by atoms with Crippen molar-refractivity contribution in [2.45, 2.75) is 13.1 Å². The van der Waals surface area contributed by atoms with Gasteiger partial charge in [-0.1, -0.05) is 12.1 Å². The van der Waals surface area contributed by atoms with Gasteiger partial charge in [-0.3, -0.25) is 4.79 Å². The molecule has 1 amide bonds. The van der Waals surface area contributed by atoms with Gasteiger partial charge in [-0.25, -0.2) is 0 Å². The molecule has 0 aliphatic carbocycles. The van der Waals surface area contributed by atoms with Gasteiger partial charge in [0.05, 0.1) is 16.9 Å². The van der Waals surface area contributed by atoms with Crippen LogP contribution in [0.1, 0.15) is 9.75 Å². The molecule has 0 aliphatic rings. The minimum absolute atomic E-state index is 0.0216. The van der Waals surface area contributed by atoms with Crippen molar-refractivity contribution in [2.24, 2.45) is 0 Å². The van der Waals surface area contributed by atoms with Crippen molar-refractivity contribution < 1.29 is 14.4 Å². The van der Waals surface area contributed by atoms with Gasteiger partial charge < -0.3 is 15.0 Å². The van der Waals surface area contributed by atoms with Crippen LogP contribution in [0.25, 0.3) is 0 Å². The summed E-state index contributed by atoms with van der Waals surface area (Å²) in [5, 5.41) is 7.13. The lowest BCUT2D eigenvalue weighted by atomic mass is 10.3. The smallest absolute Gasteiger partial charge is 0.279 e. The minimum Gasteiger partial charge on any atom is -0.497 e. The first-order valence-electron chi connectivity index (χ1n) is 8.05. The number of hydrogen-bond donors (Lipinski definition) is 2. The van der Waals surface area contributed by atoms with Crippen LogP contribution in [-0.4, -0.2) is 19.6 Å². The molecule has 0 atom stereocenters. The number of ether oxygens (including phenoxy) is 1. The third-order valence-electron chi connectivity index (χ3n) is 3.79. The van der Waals surface area contributed by atoms with Crippen molar-refractivity contribution >= 4 is 34.3 Å². The Bertz CT molecular complexity index is 732. The Labute approximate surface area is 155 Å². The Hall–Kier alpha value is -2.15. The molecule has 2 heterocycles. The lowest BCUT2D eigenvalue weighted by Crippen LogP contribution is -3.10. The fraction of sp³-hybridized carbons (Fsp3) is 0.211. The Morgan fingerprint density at radius 3 is 2.08 bits per heavy atom. The zero-order valence-corrected chi connectivity index (χ0v) is 15.7. The number of hydrogen-bond acceptors (Lipinski definition) is 4. The van der Waals surface area contributed by atoms with Crippen LogP contribution in [0.3, 0.4) is 0 Å². The van der Waals surface area contributed by atoms with Crippen LogP contribution in [-0.2, 0) is 17.9 Å². The molecule has 0 saturated carbocycles. The fourth-order valence-electron chi connectivity index (χ4n) is 2.61. The van der Waals surface area contributed by atoms with E-state index in [-0.39, 0.29) is 5.91 Å². The fourth-order valence-corrected chi connectivity index (χ4v) is 4.17. The predicted molar refractivity (Wildman–Crippen MR) is 103 cm³/mol. The third kappa shape index (κ3) is 5.42. The van der Waals surface area contributed by atoms with Gasteiger partial charge in [-0.2, -0.15) is 0 Å². The van der Waals surface area contributed by atoms with E-state index in [1.54, 1.807) is 29.8 Å². The average molecular weight is 374 g/mol. The second-order valence-corrected chi connectivity index (χ2v) is 7.78. The molecule has 0 aliphatic heterocycles. The van der Waals surface area contributed by atoms with Gasteiger partial charge in [0.25, 0.3) is 5.91 Å². The summed E-state index contributed by atoms with van der Waals surface area (Å²) >= 11 is 3.47. The van der Waals surface area contributed by atoms with Crippen LogP contribution in [0.4, 0.5) is 5.69 Å². The van der Waals surface area contributed by atoms with Gasteiger partial charge in [-0.05, 0) is 47.2 Å². The molecule has 0 saturated heterocycles. The lowest BCUT2D eigenvalue weighted by Gasteiger charge is -2.18. The molecular weight excluding hydrogens is 352 g/mol. The third-order valence-corrected chi connectivity index (χ3v) is 5.55. The number of thiophene rings is 2. The highest BCUT2D eigenvalue weighted by molar-refractivity contribution is 7.10. The predicted octanol–water partition coefficient (Wildman–Crippen LogP) is 3.04. The summed E-state index contributed by atoms with van der Waals surface area (Å²) in [5.74, 6) is 0.800. The maximum atomic E-state index is 12.5. The van der Waals surface area contributed by atoms with E-state index in [1.807, 2.05) is 24.3 Å². The van der Waals surface area contributed by atoms with E-state index in [2.05, 4.69) is 40.3 Å². The molecule has 6 heteroatoms. The van der Waals surface area contributed by atoms with Crippen LogP contribution < -0.4 is 15.0 Å². The number of nitrogens with one attached hydrogen (secondary N) is 2. The summed E-state index contributed by atoms with van der Waals surface area (Å²) in [4.78, 5) is 16.3. The Balaban J connectivity index is 1.62. The number of methoxy groups -OCH3 is 1. The number of anilines is 1. The Morgan fingerprint density at radius 1 is 1.00 bits per heavy atom. The molecule has 2 N–H and O–H groups in total. The van der Waals surface area contributed by atoms with Crippen molar-refractivity contribution in [3.63, 3.8) is 0 Å². The van der Waals surface area contributed by atoms with Crippen LogP contribution in [0.15, 0.2) is 59.3 Å². The molecule has 2 aromatic heterocycles. The average Bonchev–Trinajstić information content (AvgIpc) is 3.29. The highest BCUT2D eigenvalue weighted by atomic mass is 32.1. The second kappa shape index (κ2) is 8.80. The quantitative estimate of drug-likeness (QED) is 0.637. The highest BCUT2D eigenvalue weighted by Crippen LogP contribution is 2.14. The minimum atomic E-state index is 0.0216. The van der Waals surface area contributed by atoms with Crippen molar-refractivity contribution in [3.05, 3.63) is 69.0 Å². The monoisotopic (exact) mass is 373 g/mol. The summed E-state index contributed by atoms with van der Waals surface area (Å²) in [5.41, 5.74) is 0.789. The molecule has 0 spiro atoms. The van der Waals surface area contributed by atoms with Gasteiger partial charge in [0.2, 0.25) is 0 Å². The molecule has 0 radical (unpaired) electrons. The van der Waals surface area contributed by atoms with Crippen molar-refractivity contribution in [1.82, 2.24) is 0 Å². The van der Waals surface area contributed by atoms with Crippen molar-refractivity contribution in [1.29, 1.82) is 0 Å². The number of rotatable bonds is 8. The lowest BCUT2D eigenvalue weighted by molar-refractivity contribution is -0.918. The van der Waals surface area contributed by atoms with E-state index >= 15 is 0 Å². The summed E-state index contributed by atoms with van der Waals surface area (Å²) in [6.07, 6.45) is 0. The first kappa shape index (κ1) is 17.7. The van der Waals surface area contributed by atoms with Crippen LogP contribution in [0, 0.1) is 0 Å². The second-order valence-electron chi connectivity index (χ2n) is 5.72. The van der Waals surface area contributed by atoms with Gasteiger partial charge in [0, 0.05) is 5.69 Å². The van der Waals surface area contributed by atoms with Gasteiger partial charge in [0.15, 0.2) is 6.54 Å². The van der Waals surface area contributed by atoms with Crippen LogP contribution >= 0.6 is 22.7 Å². The first-order chi connectivity index (χ1) is 12.2. The summed E-state index contributed by atoms with van der Waals surface area (Å²) in [6.45, 7) is 2.14. The first-order valence-corrected chi connectivity index (χ1v) is 9.81. The molecule has 0 bridgehead atoms. The van der Waals surface area contributed by atoms with Crippen molar-refractivity contribution in [2.75, 3.05) is 19.0 Å². The van der Waals surface area contributed by atoms with Gasteiger partial charge in [-0.15, -0.1) is 22.7 Å². The van der Waals surface area contributed by atoms with Crippen LogP contribution in [0.2, 0.25) is 0 Å². The standard InChI is InChI=1S/C19H20N2O2S2/c1-23-16-8-6-15(7-9-16)20-19(22)14-21(12-17-4-2-10-24-17)13-18-5-3-11-25-18/h2-11H,12-14H2,1H3,(H,20,22)/p+1. The highest BCUT2D eigenvalue weighted by Gasteiger charge is 2.17. The molecule has 25 heavy (non-hydrogen) atoms. The van der Waals surface area contributed by atoms with E-state index < -0.39 is 0 Å². The van der Waals surface area contributed by atoms with E-state index in [0.29, 0.717) is 6.54 Å². The molecule has 130 valence electrons. The number of carbonyl (C=O) groups is 1. The molecule has 0 unspecified atom stereocenters. The van der Waals surface area contributed by atoms with E-state index in [9.17, 15) is 4.79 Å². The normalized spacial score (nSPS) is 10.8. The van der Waals surface area contributed by atoms with E-state index in [0.717, 1.165) is 24.5 Å². The summed E-state index contributed by atoms with van der Waals surface area (Å²) < 4.78 is 5.14. The van der Waals surface area contributed by atoms with Gasteiger partial charge in [0.1, 0.15) is 18.8 Å². The number of carbonyl (C=O) groups excluding carboxylic acids is 1. The Kier molecular flexibility index (Phi) is 6.22. The SMILES string of the molecule is COc1ccc(NC(=O)C[NH+](Cc2cccs2)Cc2cccs2)cc1. The summed E-state index contributed by atoms with van der Waals surface area (Å²) in [6, 6.07) is 15.8. The molecular formula is C19H21N2O2S2+. The maximum absolute atomic E-state index is 12.5. The van der Waals surface area contributed by atoms with E-state index in [4.69, 9.17) is 4.74 Å². The molecule has 3 rings (SSSR count). The largest absolute Gasteiger partial charge is 0.497 e. The topological polar surface area (TPSA) is 42.8 Å². The van der Waals surface area contributed by atoms with Gasteiger partial charge >= 0.3 is 0 Å². The number of benzene rings is 1. The maximum Gasteiger partial charge on any atom is 0.279 e. The zero-order valence-electron chi connectivity index (χ0n) is 14.0. The molecule has 3 aromatic rings. The molecule has 4 nitrogen and oxygen atoms in total. The van der Waals surface area contributed by atoms with Crippen LogP contribution in [0.5, 0.6) is 5.75 Å². The zero-order chi connectivity index (χ0) is 17.5. The number of amides is 1. The Morgan fingerprint density at radius 2 is 1.60 bits per heavy atom. The molecule has 1 aromatic carbocycles. The van der Waals surface area contributed by atoms with Crippen molar-refractivity contribution in [3.8, 4) is 5.75 Å². The summed E-state index contributed by atoms with van der Waals surface area (Å²) in [7, 11) is 1.63. The molecule has 0 fully saturated rings.